The molecule has 1 heterocycles. The molecule has 0 aliphatic carbocycles. The van der Waals surface area contributed by atoms with Crippen LogP contribution in [0.3, 0.4) is 0 Å². The van der Waals surface area contributed by atoms with E-state index in [0.29, 0.717) is 29.0 Å². The van der Waals surface area contributed by atoms with E-state index in [1.54, 1.807) is 34.8 Å². The highest BCUT2D eigenvalue weighted by Gasteiger charge is 2.23. The summed E-state index contributed by atoms with van der Waals surface area (Å²) >= 11 is 6.09. The van der Waals surface area contributed by atoms with Gasteiger partial charge in [-0.15, -0.1) is 0 Å². The van der Waals surface area contributed by atoms with Gasteiger partial charge in [-0.1, -0.05) is 72.3 Å². The van der Waals surface area contributed by atoms with Crippen LogP contribution in [-0.4, -0.2) is 20.6 Å². The van der Waals surface area contributed by atoms with Crippen molar-refractivity contribution in [2.24, 2.45) is 7.05 Å². The average molecular weight is 418 g/mol. The van der Waals surface area contributed by atoms with Crippen molar-refractivity contribution >= 4 is 28.4 Å². The number of halogens is 1. The summed E-state index contributed by atoms with van der Waals surface area (Å²) in [7, 11) is 1.71. The predicted octanol–water partition coefficient (Wildman–Crippen LogP) is 4.43. The van der Waals surface area contributed by atoms with Crippen molar-refractivity contribution in [3.05, 3.63) is 111 Å². The van der Waals surface area contributed by atoms with E-state index in [2.05, 4.69) is 5.10 Å². The number of hydrogen-bond acceptors (Lipinski definition) is 3. The van der Waals surface area contributed by atoms with E-state index in [4.69, 9.17) is 11.6 Å². The van der Waals surface area contributed by atoms with Crippen LogP contribution in [-0.2, 0) is 20.1 Å². The van der Waals surface area contributed by atoms with E-state index in [-0.39, 0.29) is 5.69 Å². The molecule has 0 unspecified atom stereocenters. The van der Waals surface area contributed by atoms with Gasteiger partial charge in [-0.25, -0.2) is 0 Å². The van der Waals surface area contributed by atoms with Gasteiger partial charge < -0.3 is 4.90 Å². The molecule has 0 atom stereocenters. The average Bonchev–Trinajstić information content (AvgIpc) is 2.76. The van der Waals surface area contributed by atoms with Crippen molar-refractivity contribution in [1.82, 2.24) is 14.7 Å². The summed E-state index contributed by atoms with van der Waals surface area (Å²) in [6, 6.07) is 24.4. The standard InChI is InChI=1S/C24H20ClN3O2/c1-27-21-13-12-19(25)14-20(21)23(29)22(26-27)24(30)28(15-17-8-4-2-5-9-17)16-18-10-6-3-7-11-18/h2-14H,15-16H2,1H3. The van der Waals surface area contributed by atoms with E-state index >= 15 is 0 Å². The number of benzene rings is 3. The van der Waals surface area contributed by atoms with Crippen molar-refractivity contribution in [1.29, 1.82) is 0 Å². The van der Waals surface area contributed by atoms with E-state index in [9.17, 15) is 9.59 Å². The Bertz CT molecular complexity index is 1210. The monoisotopic (exact) mass is 417 g/mol. The van der Waals surface area contributed by atoms with Gasteiger partial charge in [0, 0.05) is 25.2 Å². The Kier molecular flexibility index (Phi) is 5.63. The van der Waals surface area contributed by atoms with Gasteiger partial charge >= 0.3 is 0 Å². The molecule has 5 nitrogen and oxygen atoms in total. The first-order valence-electron chi connectivity index (χ1n) is 9.56. The Morgan fingerprint density at radius 1 is 0.933 bits per heavy atom. The lowest BCUT2D eigenvalue weighted by Gasteiger charge is -2.23. The molecule has 0 fully saturated rings. The highest BCUT2D eigenvalue weighted by atomic mass is 35.5. The van der Waals surface area contributed by atoms with Crippen molar-refractivity contribution in [3.8, 4) is 0 Å². The van der Waals surface area contributed by atoms with Gasteiger partial charge in [-0.05, 0) is 29.3 Å². The third kappa shape index (κ3) is 4.11. The molecule has 0 spiro atoms. The third-order valence-corrected chi connectivity index (χ3v) is 5.17. The van der Waals surface area contributed by atoms with Gasteiger partial charge in [0.2, 0.25) is 5.43 Å². The van der Waals surface area contributed by atoms with E-state index in [1.807, 2.05) is 60.7 Å². The first-order valence-corrected chi connectivity index (χ1v) is 9.94. The summed E-state index contributed by atoms with van der Waals surface area (Å²) in [5.41, 5.74) is 2.05. The molecule has 4 aromatic rings. The van der Waals surface area contributed by atoms with Crippen LogP contribution in [0.1, 0.15) is 21.6 Å². The summed E-state index contributed by atoms with van der Waals surface area (Å²) in [5, 5.41) is 5.12. The number of fused-ring (bicyclic) bond motifs is 1. The molecule has 0 radical (unpaired) electrons. The SMILES string of the molecule is Cn1nc(C(=O)N(Cc2ccccc2)Cc2ccccc2)c(=O)c2cc(Cl)ccc21. The number of aryl methyl sites for hydroxylation is 1. The zero-order valence-corrected chi connectivity index (χ0v) is 17.2. The van der Waals surface area contributed by atoms with Crippen LogP contribution in [0.4, 0.5) is 0 Å². The second-order valence-corrected chi connectivity index (χ2v) is 7.53. The van der Waals surface area contributed by atoms with E-state index in [0.717, 1.165) is 11.1 Å². The molecule has 0 saturated carbocycles. The lowest BCUT2D eigenvalue weighted by atomic mass is 10.1. The van der Waals surface area contributed by atoms with Crippen molar-refractivity contribution in [2.75, 3.05) is 0 Å². The Hall–Kier alpha value is -3.44. The Morgan fingerprint density at radius 2 is 1.50 bits per heavy atom. The molecular formula is C24H20ClN3O2. The molecule has 1 aromatic heterocycles. The number of carbonyl (C=O) groups excluding carboxylic acids is 1. The number of aromatic nitrogens is 2. The Morgan fingerprint density at radius 3 is 2.07 bits per heavy atom. The number of carbonyl (C=O) groups is 1. The maximum atomic E-state index is 13.5. The van der Waals surface area contributed by atoms with Gasteiger partial charge in [0.05, 0.1) is 10.9 Å². The largest absolute Gasteiger partial charge is 0.328 e. The molecule has 0 aliphatic heterocycles. The smallest absolute Gasteiger partial charge is 0.279 e. The van der Waals surface area contributed by atoms with Crippen LogP contribution < -0.4 is 5.43 Å². The minimum atomic E-state index is -0.415. The highest BCUT2D eigenvalue weighted by molar-refractivity contribution is 6.31. The van der Waals surface area contributed by atoms with Gasteiger partial charge in [-0.3, -0.25) is 14.3 Å². The fraction of sp³-hybridized carbons (Fsp3) is 0.125. The number of nitrogens with zero attached hydrogens (tertiary/aromatic N) is 3. The fourth-order valence-electron chi connectivity index (χ4n) is 3.45. The van der Waals surface area contributed by atoms with Crippen LogP contribution in [0.2, 0.25) is 5.02 Å². The van der Waals surface area contributed by atoms with E-state index < -0.39 is 11.3 Å². The van der Waals surface area contributed by atoms with Crippen molar-refractivity contribution < 1.29 is 4.79 Å². The van der Waals surface area contributed by atoms with E-state index in [1.165, 1.54) is 0 Å². The van der Waals surface area contributed by atoms with Crippen LogP contribution in [0, 0.1) is 0 Å². The molecular weight excluding hydrogens is 398 g/mol. The van der Waals surface area contributed by atoms with Gasteiger partial charge in [0.15, 0.2) is 5.69 Å². The second kappa shape index (κ2) is 8.51. The van der Waals surface area contributed by atoms with Crippen LogP contribution in [0.5, 0.6) is 0 Å². The van der Waals surface area contributed by atoms with Crippen LogP contribution in [0.15, 0.2) is 83.7 Å². The summed E-state index contributed by atoms with van der Waals surface area (Å²) in [5.74, 6) is -0.412. The molecule has 150 valence electrons. The molecule has 0 N–H and O–H groups in total. The topological polar surface area (TPSA) is 55.2 Å². The summed E-state index contributed by atoms with van der Waals surface area (Å²) in [4.78, 5) is 28.2. The highest BCUT2D eigenvalue weighted by Crippen LogP contribution is 2.17. The number of amides is 1. The number of rotatable bonds is 5. The molecule has 30 heavy (non-hydrogen) atoms. The maximum absolute atomic E-state index is 13.5. The number of hydrogen-bond donors (Lipinski definition) is 0. The Balaban J connectivity index is 1.77. The normalized spacial score (nSPS) is 10.9. The molecule has 6 heteroatoms. The quantitative estimate of drug-likeness (QED) is 0.482. The first kappa shape index (κ1) is 19.9. The van der Waals surface area contributed by atoms with Gasteiger partial charge in [-0.2, -0.15) is 5.10 Å². The second-order valence-electron chi connectivity index (χ2n) is 7.10. The zero-order valence-electron chi connectivity index (χ0n) is 16.5. The lowest BCUT2D eigenvalue weighted by molar-refractivity contribution is 0.0720. The molecule has 0 aliphatic rings. The fourth-order valence-corrected chi connectivity index (χ4v) is 3.62. The van der Waals surface area contributed by atoms with Crippen LogP contribution in [0.25, 0.3) is 10.9 Å². The minimum Gasteiger partial charge on any atom is -0.328 e. The summed E-state index contributed by atoms with van der Waals surface area (Å²) < 4.78 is 1.55. The van der Waals surface area contributed by atoms with Crippen LogP contribution >= 0.6 is 11.6 Å². The molecule has 0 bridgehead atoms. The molecule has 3 aromatic carbocycles. The minimum absolute atomic E-state index is 0.112. The molecule has 0 saturated heterocycles. The Labute approximate surface area is 179 Å². The lowest BCUT2D eigenvalue weighted by Crippen LogP contribution is -2.35. The molecule has 4 rings (SSSR count). The zero-order chi connectivity index (χ0) is 21.1. The van der Waals surface area contributed by atoms with Gasteiger partial charge in [0.1, 0.15) is 0 Å². The molecule has 1 amide bonds. The van der Waals surface area contributed by atoms with Gasteiger partial charge in [0.25, 0.3) is 5.91 Å². The maximum Gasteiger partial charge on any atom is 0.279 e. The third-order valence-electron chi connectivity index (χ3n) is 4.94. The predicted molar refractivity (Wildman–Crippen MR) is 118 cm³/mol. The first-order chi connectivity index (χ1) is 14.5. The summed E-state index contributed by atoms with van der Waals surface area (Å²) in [6.45, 7) is 0.736. The van der Waals surface area contributed by atoms with Crippen molar-refractivity contribution in [3.63, 3.8) is 0 Å². The van der Waals surface area contributed by atoms with Crippen molar-refractivity contribution in [2.45, 2.75) is 13.1 Å². The summed E-state index contributed by atoms with van der Waals surface area (Å²) in [6.07, 6.45) is 0.